The third-order valence-electron chi connectivity index (χ3n) is 10.8. The maximum absolute atomic E-state index is 5.11. The molecule has 2 heterocycles. The summed E-state index contributed by atoms with van der Waals surface area (Å²) in [7, 11) is 0. The molecule has 0 aliphatic rings. The Bertz CT molecular complexity index is 2720. The van der Waals surface area contributed by atoms with Crippen molar-refractivity contribution < 1.29 is 0 Å². The molecule has 2 aromatic heterocycles. The van der Waals surface area contributed by atoms with E-state index in [0.717, 1.165) is 50.9 Å². The number of imidazole rings is 1. The van der Waals surface area contributed by atoms with E-state index in [0.29, 0.717) is 0 Å². The Morgan fingerprint density at radius 3 is 1.45 bits per heavy atom. The molecule has 0 spiro atoms. The maximum Gasteiger partial charge on any atom is 0.145 e. The largest absolute Gasteiger partial charge is 0.311 e. The lowest BCUT2D eigenvalue weighted by Crippen LogP contribution is -2.10. The van der Waals surface area contributed by atoms with Crippen molar-refractivity contribution in [2.45, 2.75) is 52.4 Å². The lowest BCUT2D eigenvalue weighted by atomic mass is 9.85. The number of anilines is 3. The van der Waals surface area contributed by atoms with E-state index < -0.39 is 0 Å². The zero-order chi connectivity index (χ0) is 37.9. The van der Waals surface area contributed by atoms with E-state index in [1.807, 2.05) is 6.07 Å². The first-order valence-corrected chi connectivity index (χ1v) is 19.2. The fourth-order valence-electron chi connectivity index (χ4n) is 7.83. The van der Waals surface area contributed by atoms with Gasteiger partial charge in [0.15, 0.2) is 0 Å². The molecule has 0 atom stereocenters. The van der Waals surface area contributed by atoms with Crippen molar-refractivity contribution in [2.75, 3.05) is 4.90 Å². The van der Waals surface area contributed by atoms with Gasteiger partial charge in [-0.15, -0.1) is 0 Å². The predicted molar refractivity (Wildman–Crippen MR) is 233 cm³/mol. The van der Waals surface area contributed by atoms with E-state index in [2.05, 4.69) is 219 Å². The van der Waals surface area contributed by atoms with E-state index >= 15 is 0 Å². The predicted octanol–water partition coefficient (Wildman–Crippen LogP) is 13.9. The molecule has 9 rings (SSSR count). The number of hydrogen-bond acceptors (Lipinski definition) is 2. The Labute approximate surface area is 323 Å². The summed E-state index contributed by atoms with van der Waals surface area (Å²) in [6.07, 6.45) is 0. The monoisotopic (exact) mass is 714 g/mol. The van der Waals surface area contributed by atoms with Crippen LogP contribution in [-0.2, 0) is 10.8 Å². The molecular weight excluding hydrogens is 669 g/mol. The van der Waals surface area contributed by atoms with Crippen LogP contribution in [0.15, 0.2) is 170 Å². The van der Waals surface area contributed by atoms with Crippen molar-refractivity contribution in [3.63, 3.8) is 0 Å². The van der Waals surface area contributed by atoms with Crippen LogP contribution < -0.4 is 4.90 Å². The third kappa shape index (κ3) is 6.18. The van der Waals surface area contributed by atoms with E-state index in [1.54, 1.807) is 0 Å². The summed E-state index contributed by atoms with van der Waals surface area (Å²) in [6.45, 7) is 13.8. The number of fused-ring (bicyclic) bond motifs is 4. The number of nitrogens with zero attached hydrogens (tertiary/aromatic N) is 4. The van der Waals surface area contributed by atoms with Crippen LogP contribution in [0.5, 0.6) is 0 Å². The topological polar surface area (TPSA) is 26.0 Å². The number of para-hydroxylation sites is 4. The average molecular weight is 715 g/mol. The van der Waals surface area contributed by atoms with E-state index in [4.69, 9.17) is 4.98 Å². The average Bonchev–Trinajstić information content (AvgIpc) is 3.74. The lowest BCUT2D eigenvalue weighted by molar-refractivity contribution is 0.590. The highest BCUT2D eigenvalue weighted by Gasteiger charge is 2.22. The van der Waals surface area contributed by atoms with Crippen molar-refractivity contribution in [2.24, 2.45) is 0 Å². The van der Waals surface area contributed by atoms with Gasteiger partial charge in [-0.3, -0.25) is 4.57 Å². The molecule has 0 aliphatic carbocycles. The fraction of sp³-hybridized carbons (Fsp3) is 0.157. The zero-order valence-electron chi connectivity index (χ0n) is 32.5. The fourth-order valence-corrected chi connectivity index (χ4v) is 7.83. The third-order valence-corrected chi connectivity index (χ3v) is 10.8. The van der Waals surface area contributed by atoms with Crippen LogP contribution in [0, 0.1) is 0 Å². The molecule has 0 amide bonds. The van der Waals surface area contributed by atoms with E-state index in [9.17, 15) is 0 Å². The molecule has 0 saturated carbocycles. The minimum absolute atomic E-state index is 0.0574. The van der Waals surface area contributed by atoms with Crippen LogP contribution >= 0.6 is 0 Å². The summed E-state index contributed by atoms with van der Waals surface area (Å²) in [6, 6.07) is 61.3. The van der Waals surface area contributed by atoms with Crippen LogP contribution in [0.3, 0.4) is 0 Å². The standard InChI is InChI=1S/C51H46N4/c1-50(2,3)36-23-31-46-43(33-36)44-34-37(51(4,5)6)24-32-47(44)54(46)42-29-27-41(28-30-42)53(38-15-9-7-10-16-38)40-25-21-35(22-26-40)49-52-45-19-13-14-20-48(45)55(49)39-17-11-8-12-18-39/h7-34H,1-6H3. The summed E-state index contributed by atoms with van der Waals surface area (Å²) in [5.74, 6) is 0.921. The Balaban J connectivity index is 1.14. The van der Waals surface area contributed by atoms with Gasteiger partial charge < -0.3 is 9.47 Å². The molecule has 4 heteroatoms. The summed E-state index contributed by atoms with van der Waals surface area (Å²) < 4.78 is 4.67. The van der Waals surface area contributed by atoms with Crippen LogP contribution in [0.4, 0.5) is 17.1 Å². The van der Waals surface area contributed by atoms with Crippen LogP contribution in [0.25, 0.3) is 55.6 Å². The molecule has 9 aromatic rings. The van der Waals surface area contributed by atoms with Crippen molar-refractivity contribution in [3.05, 3.63) is 181 Å². The van der Waals surface area contributed by atoms with Crippen LogP contribution in [0.1, 0.15) is 52.7 Å². The molecule has 0 saturated heterocycles. The van der Waals surface area contributed by atoms with Gasteiger partial charge in [0.05, 0.1) is 22.1 Å². The van der Waals surface area contributed by atoms with Gasteiger partial charge in [-0.2, -0.15) is 0 Å². The highest BCUT2D eigenvalue weighted by molar-refractivity contribution is 6.10. The Morgan fingerprint density at radius 2 is 0.891 bits per heavy atom. The number of rotatable bonds is 6. The Kier molecular flexibility index (Phi) is 8.24. The number of benzene rings is 7. The van der Waals surface area contributed by atoms with Gasteiger partial charge in [-0.1, -0.05) is 102 Å². The van der Waals surface area contributed by atoms with Crippen molar-refractivity contribution in [1.29, 1.82) is 0 Å². The minimum Gasteiger partial charge on any atom is -0.311 e. The number of aromatic nitrogens is 3. The smallest absolute Gasteiger partial charge is 0.145 e. The van der Waals surface area contributed by atoms with Gasteiger partial charge >= 0.3 is 0 Å². The van der Waals surface area contributed by atoms with Gasteiger partial charge in [0.2, 0.25) is 0 Å². The molecule has 0 N–H and O–H groups in total. The summed E-state index contributed by atoms with van der Waals surface area (Å²) in [5, 5.41) is 2.59. The molecule has 0 bridgehead atoms. The zero-order valence-corrected chi connectivity index (χ0v) is 32.5. The van der Waals surface area contributed by atoms with Crippen molar-refractivity contribution in [3.8, 4) is 22.8 Å². The number of hydrogen-bond donors (Lipinski definition) is 0. The maximum atomic E-state index is 5.11. The second-order valence-electron chi connectivity index (χ2n) is 16.6. The quantitative estimate of drug-likeness (QED) is 0.171. The van der Waals surface area contributed by atoms with Gasteiger partial charge in [0, 0.05) is 44.8 Å². The molecule has 270 valence electrons. The highest BCUT2D eigenvalue weighted by atomic mass is 15.1. The molecule has 0 aliphatic heterocycles. The molecule has 0 radical (unpaired) electrons. The van der Waals surface area contributed by atoms with Gasteiger partial charge in [-0.05, 0) is 131 Å². The molecule has 55 heavy (non-hydrogen) atoms. The van der Waals surface area contributed by atoms with Gasteiger partial charge in [0.1, 0.15) is 5.82 Å². The summed E-state index contributed by atoms with van der Waals surface area (Å²) in [5.41, 5.74) is 13.9. The second-order valence-corrected chi connectivity index (χ2v) is 16.6. The minimum atomic E-state index is 0.0574. The van der Waals surface area contributed by atoms with Gasteiger partial charge in [0.25, 0.3) is 0 Å². The molecule has 4 nitrogen and oxygen atoms in total. The van der Waals surface area contributed by atoms with Gasteiger partial charge in [-0.25, -0.2) is 4.98 Å². The van der Waals surface area contributed by atoms with E-state index in [1.165, 1.54) is 32.9 Å². The Morgan fingerprint density at radius 1 is 0.418 bits per heavy atom. The second kappa shape index (κ2) is 13.2. The first kappa shape index (κ1) is 34.4. The molecule has 7 aromatic carbocycles. The lowest BCUT2D eigenvalue weighted by Gasteiger charge is -2.26. The van der Waals surface area contributed by atoms with Crippen LogP contribution in [-0.4, -0.2) is 14.1 Å². The summed E-state index contributed by atoms with van der Waals surface area (Å²) >= 11 is 0. The SMILES string of the molecule is CC(C)(C)c1ccc2c(c1)c1cc(C(C)(C)C)ccc1n2-c1ccc(N(c2ccccc2)c2ccc(-c3nc4ccccc4n3-c3ccccc3)cc2)cc1. The molecule has 0 unspecified atom stereocenters. The normalized spacial score (nSPS) is 12.2. The first-order chi connectivity index (χ1) is 26.5. The van der Waals surface area contributed by atoms with Crippen molar-refractivity contribution in [1.82, 2.24) is 14.1 Å². The molecule has 0 fully saturated rings. The first-order valence-electron chi connectivity index (χ1n) is 19.2. The van der Waals surface area contributed by atoms with Crippen LogP contribution in [0.2, 0.25) is 0 Å². The van der Waals surface area contributed by atoms with Crippen molar-refractivity contribution >= 4 is 49.9 Å². The summed E-state index contributed by atoms with van der Waals surface area (Å²) in [4.78, 5) is 7.43. The Hall–Kier alpha value is -6.39. The molecular formula is C51H46N4. The highest BCUT2D eigenvalue weighted by Crippen LogP contribution is 2.40. The van der Waals surface area contributed by atoms with E-state index in [-0.39, 0.29) is 10.8 Å².